The van der Waals surface area contributed by atoms with E-state index in [1.807, 2.05) is 4.90 Å². The van der Waals surface area contributed by atoms with E-state index in [9.17, 15) is 22.4 Å². The van der Waals surface area contributed by atoms with E-state index in [1.54, 1.807) is 12.1 Å². The Morgan fingerprint density at radius 2 is 1.86 bits per heavy atom. The first kappa shape index (κ1) is 24.8. The van der Waals surface area contributed by atoms with Crippen molar-refractivity contribution in [3.63, 3.8) is 0 Å². The fourth-order valence-corrected chi connectivity index (χ4v) is 5.24. The summed E-state index contributed by atoms with van der Waals surface area (Å²) in [5, 5.41) is 3.32. The van der Waals surface area contributed by atoms with Crippen LogP contribution in [0.3, 0.4) is 0 Å². The van der Waals surface area contributed by atoms with E-state index in [-0.39, 0.29) is 35.6 Å². The van der Waals surface area contributed by atoms with Gasteiger partial charge in [-0.05, 0) is 43.2 Å². The lowest BCUT2D eigenvalue weighted by atomic mass is 9.99. The number of nitrogens with zero attached hydrogens (tertiary/aromatic N) is 3. The number of halogens is 4. The molecular formula is C26H24F4N4O3. The maximum Gasteiger partial charge on any atom is 0.419 e. The van der Waals surface area contributed by atoms with Crippen LogP contribution >= 0.6 is 0 Å². The number of nitrogens with one attached hydrogen (secondary N) is 1. The van der Waals surface area contributed by atoms with Crippen LogP contribution in [-0.4, -0.2) is 46.1 Å². The molecule has 3 heterocycles. The number of aromatic nitrogens is 2. The monoisotopic (exact) mass is 516 g/mol. The molecule has 2 fully saturated rings. The van der Waals surface area contributed by atoms with Gasteiger partial charge in [0.2, 0.25) is 5.91 Å². The van der Waals surface area contributed by atoms with Gasteiger partial charge >= 0.3 is 6.18 Å². The summed E-state index contributed by atoms with van der Waals surface area (Å²) in [6, 6.07) is 6.13. The van der Waals surface area contributed by atoms with Crippen LogP contribution in [0.25, 0.3) is 10.9 Å². The highest BCUT2D eigenvalue weighted by Crippen LogP contribution is 2.41. The van der Waals surface area contributed by atoms with E-state index in [4.69, 9.17) is 9.47 Å². The molecule has 5 rings (SSSR count). The maximum absolute atomic E-state index is 13.7. The highest BCUT2D eigenvalue weighted by Gasteiger charge is 2.43. The smallest absolute Gasteiger partial charge is 0.419 e. The summed E-state index contributed by atoms with van der Waals surface area (Å²) in [5.74, 6) is -0.341. The van der Waals surface area contributed by atoms with Crippen molar-refractivity contribution in [2.45, 2.75) is 50.0 Å². The number of methoxy groups -OCH3 is 1. The Morgan fingerprint density at radius 3 is 2.51 bits per heavy atom. The summed E-state index contributed by atoms with van der Waals surface area (Å²) < 4.78 is 65.1. The number of hydrogen-bond acceptors (Lipinski definition) is 6. The van der Waals surface area contributed by atoms with Crippen LogP contribution < -0.4 is 14.8 Å². The Bertz CT molecular complexity index is 1350. The molecule has 7 nitrogen and oxygen atoms in total. The van der Waals surface area contributed by atoms with Crippen molar-refractivity contribution in [2.24, 2.45) is 0 Å². The first-order valence-corrected chi connectivity index (χ1v) is 11.8. The van der Waals surface area contributed by atoms with Crippen LogP contribution in [0.4, 0.5) is 29.1 Å². The van der Waals surface area contributed by atoms with Crippen molar-refractivity contribution in [2.75, 3.05) is 12.4 Å². The molecular weight excluding hydrogens is 492 g/mol. The fraction of sp³-hybridized carbons (Fsp3) is 0.346. The zero-order valence-corrected chi connectivity index (χ0v) is 19.9. The lowest BCUT2D eigenvalue weighted by molar-refractivity contribution is -0.140. The second kappa shape index (κ2) is 9.53. The third-order valence-electron chi connectivity index (χ3n) is 6.87. The largest absolute Gasteiger partial charge is 0.493 e. The standard InChI is InChI=1S/C26H24F4N4O3/c1-3-24(35)34-15-5-6-16(34)10-17(9-15)37-23-11-18-21(12-22(23)36-2)31-13-32-25(18)33-14-4-7-20(27)19(8-14)26(28,29)30/h3-4,7-8,11-13,15-17H,1,5-6,9-10H2,2H3,(H,31,32,33)/t15-,16+,17-. The molecule has 2 aliphatic heterocycles. The average Bonchev–Trinajstić information content (AvgIpc) is 3.14. The molecule has 2 bridgehead atoms. The lowest BCUT2D eigenvalue weighted by Gasteiger charge is -2.38. The zero-order valence-electron chi connectivity index (χ0n) is 19.9. The summed E-state index contributed by atoms with van der Waals surface area (Å²) in [5.41, 5.74) is -0.883. The number of anilines is 2. The van der Waals surface area contributed by atoms with E-state index < -0.39 is 17.6 Å². The summed E-state index contributed by atoms with van der Waals surface area (Å²) in [4.78, 5) is 22.6. The molecule has 3 atom stereocenters. The number of ether oxygens (including phenoxy) is 2. The van der Waals surface area contributed by atoms with Crippen molar-refractivity contribution in [3.8, 4) is 11.5 Å². The molecule has 1 aromatic heterocycles. The minimum atomic E-state index is -4.84. The third kappa shape index (κ3) is 4.77. The number of benzene rings is 2. The number of carbonyl (C=O) groups excluding carboxylic acids is 1. The molecule has 0 radical (unpaired) electrons. The second-order valence-corrected chi connectivity index (χ2v) is 9.11. The fourth-order valence-electron chi connectivity index (χ4n) is 5.24. The number of fused-ring (bicyclic) bond motifs is 3. The normalized spacial score (nSPS) is 21.1. The van der Waals surface area contributed by atoms with Crippen LogP contribution in [0.15, 0.2) is 49.3 Å². The molecule has 1 amide bonds. The topological polar surface area (TPSA) is 76.6 Å². The van der Waals surface area contributed by atoms with Crippen LogP contribution in [0.5, 0.6) is 11.5 Å². The van der Waals surface area contributed by atoms with Crippen molar-refractivity contribution in [1.82, 2.24) is 14.9 Å². The predicted molar refractivity (Wildman–Crippen MR) is 128 cm³/mol. The summed E-state index contributed by atoms with van der Waals surface area (Å²) in [7, 11) is 1.50. The number of alkyl halides is 3. The van der Waals surface area contributed by atoms with Gasteiger partial charge in [0.25, 0.3) is 0 Å². The lowest BCUT2D eigenvalue weighted by Crippen LogP contribution is -2.48. The minimum Gasteiger partial charge on any atom is -0.493 e. The molecule has 2 aromatic carbocycles. The van der Waals surface area contributed by atoms with Gasteiger partial charge in [0.05, 0.1) is 18.2 Å². The van der Waals surface area contributed by atoms with Crippen LogP contribution in [0.2, 0.25) is 0 Å². The molecule has 3 aromatic rings. The molecule has 0 saturated carbocycles. The molecule has 11 heteroatoms. The van der Waals surface area contributed by atoms with Gasteiger partial charge in [0.1, 0.15) is 24.1 Å². The van der Waals surface area contributed by atoms with Gasteiger partial charge in [-0.3, -0.25) is 4.79 Å². The third-order valence-corrected chi connectivity index (χ3v) is 6.87. The van der Waals surface area contributed by atoms with Crippen LogP contribution in [-0.2, 0) is 11.0 Å². The average molecular weight is 516 g/mol. The van der Waals surface area contributed by atoms with Gasteiger partial charge in [-0.2, -0.15) is 13.2 Å². The Kier molecular flexibility index (Phi) is 6.38. The first-order valence-electron chi connectivity index (χ1n) is 11.8. The molecule has 2 saturated heterocycles. The van der Waals surface area contributed by atoms with Crippen molar-refractivity contribution < 1.29 is 31.8 Å². The van der Waals surface area contributed by atoms with Gasteiger partial charge in [0, 0.05) is 42.1 Å². The molecule has 0 unspecified atom stereocenters. The van der Waals surface area contributed by atoms with Crippen LogP contribution in [0, 0.1) is 5.82 Å². The predicted octanol–water partition coefficient (Wildman–Crippen LogP) is 5.63. The molecule has 0 spiro atoms. The summed E-state index contributed by atoms with van der Waals surface area (Å²) >= 11 is 0. The second-order valence-electron chi connectivity index (χ2n) is 9.11. The van der Waals surface area contributed by atoms with Gasteiger partial charge < -0.3 is 19.7 Å². The van der Waals surface area contributed by atoms with Crippen molar-refractivity contribution in [3.05, 3.63) is 60.7 Å². The quantitative estimate of drug-likeness (QED) is 0.338. The van der Waals surface area contributed by atoms with E-state index >= 15 is 0 Å². The summed E-state index contributed by atoms with van der Waals surface area (Å²) in [6.07, 6.45) is 0.721. The Morgan fingerprint density at radius 1 is 1.14 bits per heavy atom. The van der Waals surface area contributed by atoms with Gasteiger partial charge in [-0.25, -0.2) is 14.4 Å². The van der Waals surface area contributed by atoms with Gasteiger partial charge in [0.15, 0.2) is 11.5 Å². The van der Waals surface area contributed by atoms with E-state index in [2.05, 4.69) is 21.9 Å². The minimum absolute atomic E-state index is 0.0165. The molecule has 1 N–H and O–H groups in total. The highest BCUT2D eigenvalue weighted by molar-refractivity contribution is 5.93. The molecule has 2 aliphatic rings. The SMILES string of the molecule is C=CC(=O)N1[C@@H]2CC[C@H]1C[C@H](Oc1cc3c(Nc4ccc(F)c(C(F)(F)F)c4)ncnc3cc1OC)C2. The van der Waals surface area contributed by atoms with Gasteiger partial charge in [-0.1, -0.05) is 6.58 Å². The Labute approximate surface area is 210 Å². The zero-order chi connectivity index (χ0) is 26.3. The van der Waals surface area contributed by atoms with Crippen molar-refractivity contribution >= 4 is 28.3 Å². The Hall–Kier alpha value is -3.89. The maximum atomic E-state index is 13.7. The molecule has 37 heavy (non-hydrogen) atoms. The summed E-state index contributed by atoms with van der Waals surface area (Å²) in [6.45, 7) is 3.60. The Balaban J connectivity index is 1.44. The number of amides is 1. The number of hydrogen-bond donors (Lipinski definition) is 1. The van der Waals surface area contributed by atoms with E-state index in [0.29, 0.717) is 41.3 Å². The van der Waals surface area contributed by atoms with E-state index in [0.717, 1.165) is 18.9 Å². The highest BCUT2D eigenvalue weighted by atomic mass is 19.4. The number of rotatable bonds is 6. The number of piperidine rings is 1. The number of carbonyl (C=O) groups is 1. The van der Waals surface area contributed by atoms with E-state index in [1.165, 1.54) is 25.6 Å². The molecule has 194 valence electrons. The first-order chi connectivity index (χ1) is 17.7. The van der Waals surface area contributed by atoms with Gasteiger partial charge in [-0.15, -0.1) is 0 Å². The van der Waals surface area contributed by atoms with Crippen LogP contribution in [0.1, 0.15) is 31.2 Å². The van der Waals surface area contributed by atoms with Crippen molar-refractivity contribution in [1.29, 1.82) is 0 Å². The molecule has 0 aliphatic carbocycles.